The Labute approximate surface area is 255 Å². The smallest absolute Gasteiger partial charge is 0.387 e. The number of aliphatic carboxylic acids is 1. The molecule has 2 fully saturated rings. The molecule has 3 N–H and O–H groups in total. The predicted octanol–water partition coefficient (Wildman–Crippen LogP) is 2.92. The molecule has 0 unspecified atom stereocenters. The van der Waals surface area contributed by atoms with Gasteiger partial charge in [-0.05, 0) is 49.9 Å². The van der Waals surface area contributed by atoms with Gasteiger partial charge in [0.05, 0.1) is 20.8 Å². The fraction of sp³-hybridized carbons (Fsp3) is 0.462. The van der Waals surface area contributed by atoms with Crippen LogP contribution in [-0.4, -0.2) is 80.9 Å². The lowest BCUT2D eigenvalue weighted by Gasteiger charge is -2.33. The van der Waals surface area contributed by atoms with Gasteiger partial charge >= 0.3 is 12.6 Å². The molecule has 1 aromatic heterocycles. The first-order valence-corrected chi connectivity index (χ1v) is 16.0. The second-order valence-corrected chi connectivity index (χ2v) is 13.3. The molecule has 234 valence electrons. The number of piperidine rings is 2. The fourth-order valence-electron chi connectivity index (χ4n) is 4.91. The number of rotatable bonds is 11. The highest BCUT2D eigenvalue weighted by molar-refractivity contribution is 7.89. The minimum absolute atomic E-state index is 0.0226. The van der Waals surface area contributed by atoms with Gasteiger partial charge in [-0.25, -0.2) is 8.42 Å². The number of halogens is 3. The summed E-state index contributed by atoms with van der Waals surface area (Å²) in [5.41, 5.74) is -0.158. The normalized spacial score (nSPS) is 17.2. The fourth-order valence-corrected chi connectivity index (χ4v) is 7.21. The Hall–Kier alpha value is -3.34. The van der Waals surface area contributed by atoms with Gasteiger partial charge < -0.3 is 25.0 Å². The monoisotopic (exact) mass is 662 g/mol. The first-order chi connectivity index (χ1) is 20.4. The van der Waals surface area contributed by atoms with E-state index < -0.39 is 63.6 Å². The number of nitrogens with one attached hydrogen (secondary N) is 2. The van der Waals surface area contributed by atoms with Crippen molar-refractivity contribution < 1.29 is 46.2 Å². The van der Waals surface area contributed by atoms with Crippen LogP contribution in [0.1, 0.15) is 41.8 Å². The number of para-hydroxylation sites is 1. The quantitative estimate of drug-likeness (QED) is 0.331. The number of likely N-dealkylation sites (tertiary alicyclic amines) is 1. The van der Waals surface area contributed by atoms with Crippen molar-refractivity contribution in [2.75, 3.05) is 31.1 Å². The van der Waals surface area contributed by atoms with Crippen LogP contribution in [0, 0.1) is 5.92 Å². The summed E-state index contributed by atoms with van der Waals surface area (Å²) in [5, 5.41) is 11.8. The molecular formula is C26H29ClF2N4O8S2. The summed E-state index contributed by atoms with van der Waals surface area (Å²) < 4.78 is 61.6. The summed E-state index contributed by atoms with van der Waals surface area (Å²) >= 11 is 6.86. The van der Waals surface area contributed by atoms with Gasteiger partial charge in [0.2, 0.25) is 21.8 Å². The van der Waals surface area contributed by atoms with E-state index in [2.05, 4.69) is 14.8 Å². The number of carbonyl (C=O) groups excluding carboxylic acids is 3. The number of alkyl halides is 2. The molecule has 0 saturated carbocycles. The van der Waals surface area contributed by atoms with Crippen molar-refractivity contribution in [1.82, 2.24) is 14.9 Å². The maximum absolute atomic E-state index is 13.7. The highest BCUT2D eigenvalue weighted by Gasteiger charge is 2.36. The van der Waals surface area contributed by atoms with E-state index >= 15 is 0 Å². The van der Waals surface area contributed by atoms with Crippen LogP contribution < -0.4 is 19.7 Å². The molecular weight excluding hydrogens is 634 g/mol. The van der Waals surface area contributed by atoms with Gasteiger partial charge in [-0.15, -0.1) is 11.3 Å². The lowest BCUT2D eigenvalue weighted by atomic mass is 9.96. The molecule has 0 aliphatic carbocycles. The van der Waals surface area contributed by atoms with Gasteiger partial charge in [0.15, 0.2) is 5.75 Å². The van der Waals surface area contributed by atoms with Crippen molar-refractivity contribution in [3.63, 3.8) is 0 Å². The van der Waals surface area contributed by atoms with Gasteiger partial charge in [-0.3, -0.25) is 19.2 Å². The minimum Gasteiger partial charge on any atom is -0.481 e. The Kier molecular flexibility index (Phi) is 10.6. The van der Waals surface area contributed by atoms with Gasteiger partial charge in [-0.1, -0.05) is 17.7 Å². The van der Waals surface area contributed by atoms with Crippen LogP contribution in [0.5, 0.6) is 5.75 Å². The second kappa shape index (κ2) is 14.0. The van der Waals surface area contributed by atoms with Crippen LogP contribution in [0.25, 0.3) is 0 Å². The number of nitrogens with zero attached hydrogens (tertiary/aromatic N) is 2. The molecule has 1 aromatic carbocycles. The van der Waals surface area contributed by atoms with Crippen molar-refractivity contribution in [3.8, 4) is 5.75 Å². The van der Waals surface area contributed by atoms with Crippen molar-refractivity contribution in [1.29, 1.82) is 0 Å². The summed E-state index contributed by atoms with van der Waals surface area (Å²) in [6.07, 6.45) is 1.58. The maximum atomic E-state index is 13.7. The van der Waals surface area contributed by atoms with E-state index in [1.54, 1.807) is 0 Å². The van der Waals surface area contributed by atoms with Gasteiger partial charge in [-0.2, -0.15) is 13.5 Å². The average Bonchev–Trinajstić information content (AvgIpc) is 3.41. The highest BCUT2D eigenvalue weighted by atomic mass is 35.5. The minimum atomic E-state index is -4.79. The Morgan fingerprint density at radius 3 is 2.44 bits per heavy atom. The first-order valence-electron chi connectivity index (χ1n) is 13.3. The lowest BCUT2D eigenvalue weighted by molar-refractivity contribution is -0.146. The van der Waals surface area contributed by atoms with Crippen molar-refractivity contribution in [2.45, 2.75) is 49.7 Å². The van der Waals surface area contributed by atoms with E-state index in [4.69, 9.17) is 11.6 Å². The van der Waals surface area contributed by atoms with E-state index in [-0.39, 0.29) is 55.4 Å². The molecule has 0 spiro atoms. The summed E-state index contributed by atoms with van der Waals surface area (Å²) in [5.74, 6) is -4.21. The van der Waals surface area contributed by atoms with Gasteiger partial charge in [0.25, 0.3) is 5.91 Å². The Morgan fingerprint density at radius 1 is 1.12 bits per heavy atom. The maximum Gasteiger partial charge on any atom is 0.387 e. The largest absolute Gasteiger partial charge is 0.481 e. The Bertz CT molecular complexity index is 1480. The van der Waals surface area contributed by atoms with Crippen LogP contribution in [0.4, 0.5) is 14.5 Å². The van der Waals surface area contributed by atoms with Crippen molar-refractivity contribution in [2.24, 2.45) is 5.92 Å². The third-order valence-corrected chi connectivity index (χ3v) is 9.81. The molecule has 2 saturated heterocycles. The van der Waals surface area contributed by atoms with Crippen LogP contribution >= 0.6 is 22.9 Å². The van der Waals surface area contributed by atoms with Crippen molar-refractivity contribution >= 4 is 62.3 Å². The number of hydrogen-bond donors (Lipinski definition) is 3. The number of thiophene rings is 1. The van der Waals surface area contributed by atoms with Crippen LogP contribution in [0.15, 0.2) is 35.2 Å². The van der Waals surface area contributed by atoms with Gasteiger partial charge in [0.1, 0.15) is 10.9 Å². The number of carboxylic acids is 1. The first kappa shape index (κ1) is 32.6. The van der Waals surface area contributed by atoms with E-state index in [1.807, 2.05) is 0 Å². The molecule has 2 aromatic rings. The van der Waals surface area contributed by atoms with Crippen molar-refractivity contribution in [3.05, 3.63) is 39.5 Å². The summed E-state index contributed by atoms with van der Waals surface area (Å²) in [6, 6.07) is 4.89. The summed E-state index contributed by atoms with van der Waals surface area (Å²) in [6.45, 7) is -3.74. The third-order valence-electron chi connectivity index (χ3n) is 7.08. The molecule has 4 rings (SSSR count). The zero-order chi connectivity index (χ0) is 31.3. The van der Waals surface area contributed by atoms with E-state index in [1.165, 1.54) is 34.1 Å². The molecule has 12 nitrogen and oxygen atoms in total. The van der Waals surface area contributed by atoms with Crippen LogP contribution in [0.3, 0.4) is 0 Å². The highest BCUT2D eigenvalue weighted by Crippen LogP contribution is 2.38. The van der Waals surface area contributed by atoms with E-state index in [0.717, 1.165) is 17.4 Å². The SMILES string of the molecule is O=C(NC[C@H](NS(=O)(=O)c1cccc(N2CCCCC2=O)c1OC(F)F)C(=O)N1CCC(C(=O)O)CC1)c1ccc(Cl)s1. The summed E-state index contributed by atoms with van der Waals surface area (Å²) in [7, 11) is -4.79. The number of anilines is 1. The topological polar surface area (TPSA) is 162 Å². The van der Waals surface area contributed by atoms with E-state index in [9.17, 15) is 41.5 Å². The number of hydrogen-bond acceptors (Lipinski definition) is 8. The van der Waals surface area contributed by atoms with Crippen LogP contribution in [-0.2, 0) is 24.4 Å². The zero-order valence-corrected chi connectivity index (χ0v) is 25.0. The number of carbonyl (C=O) groups is 4. The number of ether oxygens (including phenoxy) is 1. The number of benzene rings is 1. The Balaban J connectivity index is 1.64. The van der Waals surface area contributed by atoms with E-state index in [0.29, 0.717) is 17.2 Å². The van der Waals surface area contributed by atoms with Gasteiger partial charge in [0, 0.05) is 32.6 Å². The summed E-state index contributed by atoms with van der Waals surface area (Å²) in [4.78, 5) is 52.0. The Morgan fingerprint density at radius 2 is 1.84 bits per heavy atom. The molecule has 2 aliphatic heterocycles. The molecule has 17 heteroatoms. The predicted molar refractivity (Wildman–Crippen MR) is 152 cm³/mol. The molecule has 0 radical (unpaired) electrons. The number of amides is 3. The molecule has 0 bridgehead atoms. The second-order valence-electron chi connectivity index (χ2n) is 9.91. The molecule has 43 heavy (non-hydrogen) atoms. The number of sulfonamides is 1. The molecule has 1 atom stereocenters. The van der Waals surface area contributed by atoms with Crippen LogP contribution in [0.2, 0.25) is 4.34 Å². The third kappa shape index (κ3) is 7.99. The number of carboxylic acid groups (broad SMARTS) is 1. The molecule has 2 aliphatic rings. The standard InChI is InChI=1S/C26H29ClF2N4O8S2/c27-20-8-7-18(42-20)23(35)30-14-16(24(36)32-12-9-15(10-13-32)25(37)38)31-43(39,40)19-5-3-4-17(22(19)41-26(28)29)33-11-2-1-6-21(33)34/h3-5,7-8,15-16,26,31H,1-2,6,9-14H2,(H,30,35)(H,37,38)/t16-/m0/s1. The average molecular weight is 663 g/mol. The lowest BCUT2D eigenvalue weighted by Crippen LogP contribution is -2.55. The molecule has 3 amide bonds. The molecule has 3 heterocycles. The zero-order valence-electron chi connectivity index (χ0n) is 22.6.